The zero-order valence-electron chi connectivity index (χ0n) is 8.83. The molecule has 0 aliphatic carbocycles. The number of ether oxygens (including phenoxy) is 1. The third kappa shape index (κ3) is 2.44. The normalized spacial score (nSPS) is 37.4. The predicted octanol–water partition coefficient (Wildman–Crippen LogP) is 1.61. The van der Waals surface area contributed by atoms with Gasteiger partial charge in [-0.05, 0) is 18.3 Å². The highest BCUT2D eigenvalue weighted by molar-refractivity contribution is 4.78. The lowest BCUT2D eigenvalue weighted by molar-refractivity contribution is -0.0528. The fourth-order valence-electron chi connectivity index (χ4n) is 2.70. The van der Waals surface area contributed by atoms with Crippen LogP contribution in [-0.4, -0.2) is 37.7 Å². The van der Waals surface area contributed by atoms with Crippen LogP contribution in [0.2, 0.25) is 0 Å². The largest absolute Gasteiger partial charge is 0.381 e. The summed E-state index contributed by atoms with van der Waals surface area (Å²) in [7, 11) is 0. The number of likely N-dealkylation sites (tertiary alicyclic amines) is 1. The topological polar surface area (TPSA) is 12.5 Å². The minimum Gasteiger partial charge on any atom is -0.381 e. The Morgan fingerprint density at radius 2 is 1.77 bits per heavy atom. The molecule has 2 atom stereocenters. The summed E-state index contributed by atoms with van der Waals surface area (Å²) in [6.45, 7) is 10.6. The van der Waals surface area contributed by atoms with Crippen LogP contribution in [-0.2, 0) is 4.74 Å². The minimum absolute atomic E-state index is 0.831. The Bertz CT molecular complexity index is 157. The van der Waals surface area contributed by atoms with Gasteiger partial charge in [0.25, 0.3) is 0 Å². The van der Waals surface area contributed by atoms with Crippen LogP contribution < -0.4 is 0 Å². The van der Waals surface area contributed by atoms with Gasteiger partial charge in [0.1, 0.15) is 0 Å². The maximum atomic E-state index is 5.20. The molecule has 76 valence electrons. The lowest BCUT2D eigenvalue weighted by Gasteiger charge is -2.39. The van der Waals surface area contributed by atoms with Crippen LogP contribution in [0.3, 0.4) is 0 Å². The van der Waals surface area contributed by atoms with E-state index in [9.17, 15) is 0 Å². The molecular weight excluding hydrogens is 162 g/mol. The van der Waals surface area contributed by atoms with Gasteiger partial charge in [-0.3, -0.25) is 0 Å². The molecule has 2 aliphatic rings. The Morgan fingerprint density at radius 1 is 1.15 bits per heavy atom. The Morgan fingerprint density at radius 3 is 2.23 bits per heavy atom. The number of hydrogen-bond donors (Lipinski definition) is 0. The molecule has 0 spiro atoms. The van der Waals surface area contributed by atoms with Gasteiger partial charge in [0, 0.05) is 25.6 Å². The van der Waals surface area contributed by atoms with Gasteiger partial charge in [0.05, 0.1) is 13.2 Å². The number of nitrogens with zero attached hydrogens (tertiary/aromatic N) is 1. The number of piperidine rings is 1. The predicted molar refractivity (Wildman–Crippen MR) is 53.7 cm³/mol. The maximum Gasteiger partial charge on any atom is 0.0528 e. The monoisotopic (exact) mass is 183 g/mol. The van der Waals surface area contributed by atoms with Crippen molar-refractivity contribution in [3.63, 3.8) is 0 Å². The van der Waals surface area contributed by atoms with Crippen LogP contribution in [0.15, 0.2) is 0 Å². The number of hydrogen-bond acceptors (Lipinski definition) is 2. The molecule has 13 heavy (non-hydrogen) atoms. The van der Waals surface area contributed by atoms with E-state index < -0.39 is 0 Å². The van der Waals surface area contributed by atoms with Crippen molar-refractivity contribution in [2.24, 2.45) is 17.8 Å². The van der Waals surface area contributed by atoms with E-state index >= 15 is 0 Å². The maximum absolute atomic E-state index is 5.20. The lowest BCUT2D eigenvalue weighted by atomic mass is 9.91. The molecule has 0 bridgehead atoms. The molecule has 0 saturated carbocycles. The van der Waals surface area contributed by atoms with Gasteiger partial charge in [-0.25, -0.2) is 0 Å². The summed E-state index contributed by atoms with van der Waals surface area (Å²) in [5.41, 5.74) is 0. The summed E-state index contributed by atoms with van der Waals surface area (Å²) in [5.74, 6) is 2.62. The van der Waals surface area contributed by atoms with E-state index in [1.54, 1.807) is 0 Å². The van der Waals surface area contributed by atoms with Gasteiger partial charge < -0.3 is 9.64 Å². The van der Waals surface area contributed by atoms with E-state index in [0.717, 1.165) is 31.0 Å². The van der Waals surface area contributed by atoms with Crippen LogP contribution >= 0.6 is 0 Å². The molecule has 0 radical (unpaired) electrons. The standard InChI is InChI=1S/C11H21NO/c1-9-3-10(2)5-12(4-9)6-11-7-13-8-11/h9-11H,3-8H2,1-2H3. The van der Waals surface area contributed by atoms with Gasteiger partial charge in [0.15, 0.2) is 0 Å². The Labute approximate surface area is 81.3 Å². The highest BCUT2D eigenvalue weighted by Gasteiger charge is 2.26. The van der Waals surface area contributed by atoms with Crippen molar-refractivity contribution in [1.82, 2.24) is 4.90 Å². The van der Waals surface area contributed by atoms with Crippen molar-refractivity contribution in [3.05, 3.63) is 0 Å². The average Bonchev–Trinajstić information content (AvgIpc) is 1.95. The molecule has 0 aromatic rings. The summed E-state index contributed by atoms with van der Waals surface area (Å²) < 4.78 is 5.20. The summed E-state index contributed by atoms with van der Waals surface area (Å²) in [6, 6.07) is 0. The van der Waals surface area contributed by atoms with E-state index in [-0.39, 0.29) is 0 Å². The van der Waals surface area contributed by atoms with Crippen molar-refractivity contribution in [2.45, 2.75) is 20.3 Å². The highest BCUT2D eigenvalue weighted by Crippen LogP contribution is 2.23. The van der Waals surface area contributed by atoms with Gasteiger partial charge in [-0.2, -0.15) is 0 Å². The summed E-state index contributed by atoms with van der Waals surface area (Å²) >= 11 is 0. The Hall–Kier alpha value is -0.0800. The van der Waals surface area contributed by atoms with Crippen molar-refractivity contribution in [1.29, 1.82) is 0 Å². The van der Waals surface area contributed by atoms with Gasteiger partial charge >= 0.3 is 0 Å². The quantitative estimate of drug-likeness (QED) is 0.645. The second-order valence-corrected chi connectivity index (χ2v) is 5.07. The zero-order valence-corrected chi connectivity index (χ0v) is 8.83. The van der Waals surface area contributed by atoms with E-state index in [0.29, 0.717) is 0 Å². The van der Waals surface area contributed by atoms with Crippen LogP contribution in [0.25, 0.3) is 0 Å². The van der Waals surface area contributed by atoms with Crippen LogP contribution in [0.4, 0.5) is 0 Å². The first-order chi connectivity index (χ1) is 6.24. The molecule has 2 heterocycles. The van der Waals surface area contributed by atoms with Crippen molar-refractivity contribution in [3.8, 4) is 0 Å². The molecule has 0 aromatic carbocycles. The fraction of sp³-hybridized carbons (Fsp3) is 1.00. The second kappa shape index (κ2) is 3.97. The van der Waals surface area contributed by atoms with Crippen molar-refractivity contribution < 1.29 is 4.74 Å². The molecular formula is C11H21NO. The van der Waals surface area contributed by atoms with Crippen LogP contribution in [0.1, 0.15) is 20.3 Å². The molecule has 2 unspecified atom stereocenters. The lowest BCUT2D eigenvalue weighted by Crippen LogP contribution is -2.45. The molecule has 2 heteroatoms. The van der Waals surface area contributed by atoms with Crippen molar-refractivity contribution in [2.75, 3.05) is 32.8 Å². The molecule has 2 fully saturated rings. The third-order valence-corrected chi connectivity index (χ3v) is 3.17. The van der Waals surface area contributed by atoms with Gasteiger partial charge in [-0.15, -0.1) is 0 Å². The first-order valence-electron chi connectivity index (χ1n) is 5.54. The summed E-state index contributed by atoms with van der Waals surface area (Å²) in [6.07, 6.45) is 1.41. The van der Waals surface area contributed by atoms with Gasteiger partial charge in [0.2, 0.25) is 0 Å². The molecule has 2 nitrogen and oxygen atoms in total. The van der Waals surface area contributed by atoms with E-state index in [4.69, 9.17) is 4.74 Å². The molecule has 2 rings (SSSR count). The average molecular weight is 183 g/mol. The van der Waals surface area contributed by atoms with Crippen molar-refractivity contribution >= 4 is 0 Å². The second-order valence-electron chi connectivity index (χ2n) is 5.07. The smallest absolute Gasteiger partial charge is 0.0528 e. The Balaban J connectivity index is 1.77. The fourth-order valence-corrected chi connectivity index (χ4v) is 2.70. The van der Waals surface area contributed by atoms with Crippen LogP contribution in [0, 0.1) is 17.8 Å². The van der Waals surface area contributed by atoms with Gasteiger partial charge in [-0.1, -0.05) is 13.8 Å². The first-order valence-corrected chi connectivity index (χ1v) is 5.54. The first kappa shape index (κ1) is 9.47. The zero-order chi connectivity index (χ0) is 9.26. The molecule has 0 amide bonds. The van der Waals surface area contributed by atoms with Crippen LogP contribution in [0.5, 0.6) is 0 Å². The van der Waals surface area contributed by atoms with E-state index in [1.165, 1.54) is 26.1 Å². The summed E-state index contributed by atoms with van der Waals surface area (Å²) in [5, 5.41) is 0. The third-order valence-electron chi connectivity index (χ3n) is 3.17. The highest BCUT2D eigenvalue weighted by atomic mass is 16.5. The molecule has 2 aliphatic heterocycles. The summed E-state index contributed by atoms with van der Waals surface area (Å²) in [4.78, 5) is 2.63. The molecule has 2 saturated heterocycles. The molecule has 0 aromatic heterocycles. The molecule has 0 N–H and O–H groups in total. The minimum atomic E-state index is 0.831. The SMILES string of the molecule is CC1CC(C)CN(CC2COC2)C1. The van der Waals surface area contributed by atoms with E-state index in [1.807, 2.05) is 0 Å². The number of rotatable bonds is 2. The Kier molecular flexibility index (Phi) is 2.89. The van der Waals surface area contributed by atoms with E-state index in [2.05, 4.69) is 18.7 Å².